The molecule has 0 aromatic heterocycles. The van der Waals surface area contributed by atoms with Gasteiger partial charge >= 0.3 is 0 Å². The van der Waals surface area contributed by atoms with Crippen molar-refractivity contribution < 1.29 is 9.90 Å². The molecule has 0 heterocycles. The number of rotatable bonds is 4. The van der Waals surface area contributed by atoms with Crippen molar-refractivity contribution in [3.05, 3.63) is 29.3 Å². The van der Waals surface area contributed by atoms with Crippen LogP contribution < -0.4 is 4.90 Å². The summed E-state index contributed by atoms with van der Waals surface area (Å²) in [6.07, 6.45) is 0. The number of aryl methyl sites for hydroxylation is 1. The van der Waals surface area contributed by atoms with E-state index in [1.54, 1.807) is 19.0 Å². The molecule has 1 aromatic carbocycles. The van der Waals surface area contributed by atoms with E-state index in [1.165, 1.54) is 0 Å². The monoisotopic (exact) mass is 236 g/mol. The minimum atomic E-state index is 0.0481. The van der Waals surface area contributed by atoms with Crippen molar-refractivity contribution >= 4 is 11.6 Å². The summed E-state index contributed by atoms with van der Waals surface area (Å²) in [4.78, 5) is 15.1. The zero-order chi connectivity index (χ0) is 13.0. The molecule has 0 saturated heterocycles. The lowest BCUT2D eigenvalue weighted by Gasteiger charge is -2.21. The number of benzene rings is 1. The fraction of sp³-hybridized carbons (Fsp3) is 0.462. The smallest absolute Gasteiger partial charge is 0.241 e. The highest BCUT2D eigenvalue weighted by Crippen LogP contribution is 2.18. The third-order valence-electron chi connectivity index (χ3n) is 2.81. The SMILES string of the molecule is Cc1cc(N(C)CC(=O)N(C)C)ccc1CO. The summed E-state index contributed by atoms with van der Waals surface area (Å²) in [5, 5.41) is 9.09. The number of anilines is 1. The molecule has 0 atom stereocenters. The lowest BCUT2D eigenvalue weighted by atomic mass is 10.1. The average Bonchev–Trinajstić information content (AvgIpc) is 2.28. The summed E-state index contributed by atoms with van der Waals surface area (Å²) < 4.78 is 0. The van der Waals surface area contributed by atoms with E-state index in [0.717, 1.165) is 16.8 Å². The molecule has 0 aliphatic carbocycles. The minimum Gasteiger partial charge on any atom is -0.392 e. The molecule has 1 amide bonds. The van der Waals surface area contributed by atoms with E-state index < -0.39 is 0 Å². The standard InChI is InChI=1S/C13H20N2O2/c1-10-7-12(6-5-11(10)9-16)15(4)8-13(17)14(2)3/h5-7,16H,8-9H2,1-4H3. The largest absolute Gasteiger partial charge is 0.392 e. The summed E-state index contributed by atoms with van der Waals surface area (Å²) in [7, 11) is 5.38. The maximum Gasteiger partial charge on any atom is 0.241 e. The Bertz CT molecular complexity index is 402. The molecule has 0 radical (unpaired) electrons. The summed E-state index contributed by atoms with van der Waals surface area (Å²) >= 11 is 0. The molecule has 4 heteroatoms. The van der Waals surface area contributed by atoms with Gasteiger partial charge in [-0.25, -0.2) is 0 Å². The van der Waals surface area contributed by atoms with Crippen LogP contribution in [0.5, 0.6) is 0 Å². The Kier molecular flexibility index (Phi) is 4.52. The van der Waals surface area contributed by atoms with Gasteiger partial charge in [-0.2, -0.15) is 0 Å². The average molecular weight is 236 g/mol. The first-order chi connectivity index (χ1) is 7.95. The van der Waals surface area contributed by atoms with Gasteiger partial charge in [0.05, 0.1) is 13.2 Å². The summed E-state index contributed by atoms with van der Waals surface area (Å²) in [6.45, 7) is 2.36. The van der Waals surface area contributed by atoms with Gasteiger partial charge in [-0.15, -0.1) is 0 Å². The molecule has 4 nitrogen and oxygen atoms in total. The number of hydrogen-bond donors (Lipinski definition) is 1. The second-order valence-corrected chi connectivity index (χ2v) is 4.41. The van der Waals surface area contributed by atoms with Crippen LogP contribution in [-0.2, 0) is 11.4 Å². The number of amides is 1. The predicted molar refractivity (Wildman–Crippen MR) is 69.1 cm³/mol. The molecule has 0 fully saturated rings. The second-order valence-electron chi connectivity index (χ2n) is 4.41. The highest BCUT2D eigenvalue weighted by molar-refractivity contribution is 5.80. The van der Waals surface area contributed by atoms with Crippen LogP contribution in [0.25, 0.3) is 0 Å². The molecule has 0 saturated carbocycles. The van der Waals surface area contributed by atoms with Crippen LogP contribution in [0.15, 0.2) is 18.2 Å². The number of aliphatic hydroxyl groups is 1. The maximum atomic E-state index is 11.6. The van der Waals surface area contributed by atoms with E-state index in [0.29, 0.717) is 6.54 Å². The summed E-state index contributed by atoms with van der Waals surface area (Å²) in [5.74, 6) is 0.0661. The van der Waals surface area contributed by atoms with Crippen LogP contribution in [-0.4, -0.2) is 43.6 Å². The van der Waals surface area contributed by atoms with Gasteiger partial charge < -0.3 is 14.9 Å². The van der Waals surface area contributed by atoms with E-state index in [1.807, 2.05) is 37.1 Å². The molecule has 17 heavy (non-hydrogen) atoms. The number of nitrogens with zero attached hydrogens (tertiary/aromatic N) is 2. The number of aliphatic hydroxyl groups excluding tert-OH is 1. The normalized spacial score (nSPS) is 10.2. The van der Waals surface area contributed by atoms with Crippen LogP contribution in [0, 0.1) is 6.92 Å². The molecule has 1 rings (SSSR count). The fourth-order valence-electron chi connectivity index (χ4n) is 1.53. The van der Waals surface area contributed by atoms with Crippen molar-refractivity contribution in [1.82, 2.24) is 4.90 Å². The van der Waals surface area contributed by atoms with E-state index in [-0.39, 0.29) is 12.5 Å². The maximum absolute atomic E-state index is 11.6. The first-order valence-corrected chi connectivity index (χ1v) is 5.57. The number of likely N-dealkylation sites (N-methyl/N-ethyl adjacent to an activating group) is 2. The number of carbonyl (C=O) groups excluding carboxylic acids is 1. The highest BCUT2D eigenvalue weighted by Gasteiger charge is 2.09. The van der Waals surface area contributed by atoms with Crippen molar-refractivity contribution in [2.24, 2.45) is 0 Å². The molecular weight excluding hydrogens is 216 g/mol. The van der Waals surface area contributed by atoms with Crippen molar-refractivity contribution in [3.8, 4) is 0 Å². The molecular formula is C13H20N2O2. The summed E-state index contributed by atoms with van der Waals surface area (Å²) in [6, 6.07) is 5.79. The Morgan fingerprint density at radius 2 is 1.94 bits per heavy atom. The van der Waals surface area contributed by atoms with Gasteiger partial charge in [0, 0.05) is 26.8 Å². The Morgan fingerprint density at radius 3 is 2.41 bits per heavy atom. The van der Waals surface area contributed by atoms with E-state index in [9.17, 15) is 4.79 Å². The molecule has 1 N–H and O–H groups in total. The van der Waals surface area contributed by atoms with Gasteiger partial charge in [-0.1, -0.05) is 6.07 Å². The van der Waals surface area contributed by atoms with Gasteiger partial charge in [-0.05, 0) is 30.2 Å². The number of carbonyl (C=O) groups is 1. The zero-order valence-electron chi connectivity index (χ0n) is 10.9. The Balaban J connectivity index is 2.79. The first-order valence-electron chi connectivity index (χ1n) is 5.57. The van der Waals surface area contributed by atoms with Crippen molar-refractivity contribution in [3.63, 3.8) is 0 Å². The van der Waals surface area contributed by atoms with Crippen molar-refractivity contribution in [2.75, 3.05) is 32.6 Å². The van der Waals surface area contributed by atoms with Gasteiger partial charge in [-0.3, -0.25) is 4.79 Å². The van der Waals surface area contributed by atoms with Gasteiger partial charge in [0.15, 0.2) is 0 Å². The quantitative estimate of drug-likeness (QED) is 0.848. The van der Waals surface area contributed by atoms with Crippen LogP contribution in [0.4, 0.5) is 5.69 Å². The third-order valence-corrected chi connectivity index (χ3v) is 2.81. The van der Waals surface area contributed by atoms with E-state index in [4.69, 9.17) is 5.11 Å². The Labute approximate surface area is 102 Å². The zero-order valence-corrected chi connectivity index (χ0v) is 10.9. The Hall–Kier alpha value is -1.55. The van der Waals surface area contributed by atoms with E-state index >= 15 is 0 Å². The molecule has 0 unspecified atom stereocenters. The lowest BCUT2D eigenvalue weighted by molar-refractivity contribution is -0.127. The molecule has 0 aliphatic rings. The lowest BCUT2D eigenvalue weighted by Crippen LogP contribution is -2.34. The molecule has 1 aromatic rings. The van der Waals surface area contributed by atoms with Crippen LogP contribution >= 0.6 is 0 Å². The fourth-order valence-corrected chi connectivity index (χ4v) is 1.53. The van der Waals surface area contributed by atoms with Crippen molar-refractivity contribution in [1.29, 1.82) is 0 Å². The molecule has 0 bridgehead atoms. The van der Waals surface area contributed by atoms with Gasteiger partial charge in [0.1, 0.15) is 0 Å². The van der Waals surface area contributed by atoms with E-state index in [2.05, 4.69) is 0 Å². The van der Waals surface area contributed by atoms with Crippen LogP contribution in [0.1, 0.15) is 11.1 Å². The van der Waals surface area contributed by atoms with Gasteiger partial charge in [0.25, 0.3) is 0 Å². The third kappa shape index (κ3) is 3.46. The molecule has 0 aliphatic heterocycles. The van der Waals surface area contributed by atoms with Crippen LogP contribution in [0.3, 0.4) is 0 Å². The Morgan fingerprint density at radius 1 is 1.29 bits per heavy atom. The predicted octanol–water partition coefficient (Wildman–Crippen LogP) is 1.01. The van der Waals surface area contributed by atoms with Crippen LogP contribution in [0.2, 0.25) is 0 Å². The topological polar surface area (TPSA) is 43.8 Å². The second kappa shape index (κ2) is 5.68. The van der Waals surface area contributed by atoms with Gasteiger partial charge in [0.2, 0.25) is 5.91 Å². The first kappa shape index (κ1) is 13.5. The highest BCUT2D eigenvalue weighted by atomic mass is 16.3. The molecule has 94 valence electrons. The summed E-state index contributed by atoms with van der Waals surface area (Å²) in [5.41, 5.74) is 2.94. The number of hydrogen-bond acceptors (Lipinski definition) is 3. The minimum absolute atomic E-state index is 0.0481. The molecule has 0 spiro atoms. The van der Waals surface area contributed by atoms with Crippen molar-refractivity contribution in [2.45, 2.75) is 13.5 Å².